The normalized spacial score (nSPS) is 11.7. The summed E-state index contributed by atoms with van der Waals surface area (Å²) in [5, 5.41) is 2.31. The molecule has 2 aromatic rings. The van der Waals surface area contributed by atoms with Crippen molar-refractivity contribution in [2.75, 3.05) is 11.9 Å². The fourth-order valence-corrected chi connectivity index (χ4v) is 2.33. The number of nitrogens with zero attached hydrogens (tertiary/aromatic N) is 4. The molecule has 108 valence electrons. The third kappa shape index (κ3) is 3.57. The maximum Gasteiger partial charge on any atom is 0.433 e. The number of aromatic nitrogens is 3. The highest BCUT2D eigenvalue weighted by Gasteiger charge is 2.34. The minimum atomic E-state index is -4.56. The summed E-state index contributed by atoms with van der Waals surface area (Å²) in [5.74, 6) is 0.1000. The lowest BCUT2D eigenvalue weighted by atomic mass is 10.3. The van der Waals surface area contributed by atoms with Crippen LogP contribution < -0.4 is 4.90 Å². The fourth-order valence-electron chi connectivity index (χ4n) is 1.55. The molecule has 9 heteroatoms. The van der Waals surface area contributed by atoms with E-state index < -0.39 is 17.2 Å². The summed E-state index contributed by atoms with van der Waals surface area (Å²) >= 11 is 7.02. The number of rotatable bonds is 3. The quantitative estimate of drug-likeness (QED) is 0.810. The summed E-state index contributed by atoms with van der Waals surface area (Å²) in [7, 11) is 1.62. The lowest BCUT2D eigenvalue weighted by Crippen LogP contribution is -2.20. The summed E-state index contributed by atoms with van der Waals surface area (Å²) in [4.78, 5) is 12.8. The van der Waals surface area contributed by atoms with E-state index in [2.05, 4.69) is 15.0 Å². The van der Waals surface area contributed by atoms with E-state index in [0.29, 0.717) is 6.54 Å². The van der Waals surface area contributed by atoms with Gasteiger partial charge in [0.2, 0.25) is 5.28 Å². The van der Waals surface area contributed by atoms with E-state index >= 15 is 0 Å². The largest absolute Gasteiger partial charge is 0.433 e. The molecule has 0 radical (unpaired) electrons. The van der Waals surface area contributed by atoms with Gasteiger partial charge < -0.3 is 4.90 Å². The predicted octanol–water partition coefficient (Wildman–Crippen LogP) is 3.55. The number of hydrogen-bond donors (Lipinski definition) is 0. The van der Waals surface area contributed by atoms with Crippen molar-refractivity contribution < 1.29 is 13.2 Å². The SMILES string of the molecule is Cc1nc(CN(C)c2cc(C(F)(F)F)nc(Cl)n2)cs1. The van der Waals surface area contributed by atoms with Crippen LogP contribution in [0, 0.1) is 6.92 Å². The van der Waals surface area contributed by atoms with Crippen LogP contribution in [0.25, 0.3) is 0 Å². The number of hydrogen-bond acceptors (Lipinski definition) is 5. The summed E-state index contributed by atoms with van der Waals surface area (Å²) < 4.78 is 38.0. The van der Waals surface area contributed by atoms with Gasteiger partial charge in [-0.25, -0.2) is 15.0 Å². The van der Waals surface area contributed by atoms with Crippen molar-refractivity contribution in [2.24, 2.45) is 0 Å². The van der Waals surface area contributed by atoms with Crippen molar-refractivity contribution in [3.05, 3.63) is 33.1 Å². The average molecular weight is 323 g/mol. The molecule has 0 aliphatic heterocycles. The molecular formula is C11H10ClF3N4S. The number of anilines is 1. The van der Waals surface area contributed by atoms with Crippen molar-refractivity contribution in [1.82, 2.24) is 15.0 Å². The van der Waals surface area contributed by atoms with Gasteiger partial charge in [-0.2, -0.15) is 13.2 Å². The van der Waals surface area contributed by atoms with Crippen molar-refractivity contribution in [2.45, 2.75) is 19.6 Å². The average Bonchev–Trinajstić information content (AvgIpc) is 2.72. The van der Waals surface area contributed by atoms with E-state index in [4.69, 9.17) is 11.6 Å². The van der Waals surface area contributed by atoms with Crippen LogP contribution in [-0.2, 0) is 12.7 Å². The molecule has 0 saturated heterocycles. The third-order valence-corrected chi connectivity index (χ3v) is 3.42. The van der Waals surface area contributed by atoms with Gasteiger partial charge in [0.05, 0.1) is 17.2 Å². The first-order chi connectivity index (χ1) is 9.25. The van der Waals surface area contributed by atoms with E-state index in [1.165, 1.54) is 16.2 Å². The molecule has 2 aromatic heterocycles. The molecule has 0 spiro atoms. The first kappa shape index (κ1) is 15.0. The Hall–Kier alpha value is -1.41. The van der Waals surface area contributed by atoms with Crippen molar-refractivity contribution >= 4 is 28.8 Å². The van der Waals surface area contributed by atoms with Crippen LogP contribution in [0.3, 0.4) is 0 Å². The minimum absolute atomic E-state index is 0.1000. The van der Waals surface area contributed by atoms with Crippen LogP contribution in [0.5, 0.6) is 0 Å². The van der Waals surface area contributed by atoms with E-state index in [-0.39, 0.29) is 5.82 Å². The Morgan fingerprint density at radius 3 is 2.55 bits per heavy atom. The second-order valence-corrected chi connectivity index (χ2v) is 5.49. The van der Waals surface area contributed by atoms with Crippen LogP contribution in [0.4, 0.5) is 19.0 Å². The third-order valence-electron chi connectivity index (χ3n) is 2.43. The first-order valence-corrected chi connectivity index (χ1v) is 6.75. The van der Waals surface area contributed by atoms with Gasteiger partial charge in [0.1, 0.15) is 5.82 Å². The Labute approximate surface area is 122 Å². The Morgan fingerprint density at radius 1 is 1.30 bits per heavy atom. The van der Waals surface area contributed by atoms with Gasteiger partial charge in [0.15, 0.2) is 5.69 Å². The molecule has 2 heterocycles. The second-order valence-electron chi connectivity index (χ2n) is 4.09. The van der Waals surface area contributed by atoms with E-state index in [9.17, 15) is 13.2 Å². The van der Waals surface area contributed by atoms with Crippen molar-refractivity contribution in [3.63, 3.8) is 0 Å². The maximum atomic E-state index is 12.7. The Balaban J connectivity index is 2.25. The highest BCUT2D eigenvalue weighted by atomic mass is 35.5. The molecule has 0 amide bonds. The zero-order chi connectivity index (χ0) is 14.9. The monoisotopic (exact) mass is 322 g/mol. The summed E-state index contributed by atoms with van der Waals surface area (Å²) in [6.45, 7) is 2.20. The van der Waals surface area contributed by atoms with Gasteiger partial charge in [-0.3, -0.25) is 0 Å². The summed E-state index contributed by atoms with van der Waals surface area (Å²) in [6, 6.07) is 0.866. The molecule has 0 aromatic carbocycles. The van der Waals surface area contributed by atoms with Crippen LogP contribution in [0.2, 0.25) is 5.28 Å². The molecular weight excluding hydrogens is 313 g/mol. The number of thiazole rings is 1. The molecule has 20 heavy (non-hydrogen) atoms. The zero-order valence-corrected chi connectivity index (χ0v) is 12.1. The standard InChI is InChI=1S/C11H10ClF3N4S/c1-6-16-7(5-20-6)4-19(2)9-3-8(11(13,14)15)17-10(12)18-9/h3,5H,4H2,1-2H3. The molecule has 4 nitrogen and oxygen atoms in total. The number of alkyl halides is 3. The molecule has 0 fully saturated rings. The van der Waals surface area contributed by atoms with Crippen LogP contribution in [-0.4, -0.2) is 22.0 Å². The van der Waals surface area contributed by atoms with E-state index in [1.807, 2.05) is 12.3 Å². The van der Waals surface area contributed by atoms with Crippen molar-refractivity contribution in [3.8, 4) is 0 Å². The molecule has 0 aliphatic carbocycles. The van der Waals surface area contributed by atoms with E-state index in [1.54, 1.807) is 7.05 Å². The molecule has 0 saturated carbocycles. The van der Waals surface area contributed by atoms with Crippen LogP contribution in [0.15, 0.2) is 11.4 Å². The van der Waals surface area contributed by atoms with Gasteiger partial charge in [-0.15, -0.1) is 11.3 Å². The molecule has 0 N–H and O–H groups in total. The summed E-state index contributed by atoms with van der Waals surface area (Å²) in [5.41, 5.74) is -0.299. The summed E-state index contributed by atoms with van der Waals surface area (Å²) in [6.07, 6.45) is -4.56. The van der Waals surface area contributed by atoms with E-state index in [0.717, 1.165) is 16.8 Å². The molecule has 2 rings (SSSR count). The highest BCUT2D eigenvalue weighted by molar-refractivity contribution is 7.09. The minimum Gasteiger partial charge on any atom is -0.354 e. The Kier molecular flexibility index (Phi) is 4.14. The smallest absolute Gasteiger partial charge is 0.354 e. The predicted molar refractivity (Wildman–Crippen MR) is 71.0 cm³/mol. The second kappa shape index (κ2) is 5.53. The van der Waals surface area contributed by atoms with Gasteiger partial charge in [-0.05, 0) is 18.5 Å². The lowest BCUT2D eigenvalue weighted by Gasteiger charge is -2.18. The van der Waals surface area contributed by atoms with Crippen molar-refractivity contribution in [1.29, 1.82) is 0 Å². The van der Waals surface area contributed by atoms with Gasteiger partial charge >= 0.3 is 6.18 Å². The molecule has 0 unspecified atom stereocenters. The van der Waals surface area contributed by atoms with Crippen LogP contribution in [0.1, 0.15) is 16.4 Å². The first-order valence-electron chi connectivity index (χ1n) is 5.49. The number of aryl methyl sites for hydroxylation is 1. The maximum absolute atomic E-state index is 12.7. The topological polar surface area (TPSA) is 41.9 Å². The molecule has 0 aliphatic rings. The van der Waals surface area contributed by atoms with Gasteiger partial charge in [0.25, 0.3) is 0 Å². The number of halogens is 4. The fraction of sp³-hybridized carbons (Fsp3) is 0.364. The van der Waals surface area contributed by atoms with Gasteiger partial charge in [-0.1, -0.05) is 0 Å². The van der Waals surface area contributed by atoms with Gasteiger partial charge in [0, 0.05) is 18.5 Å². The Bertz CT molecular complexity index is 614. The molecule has 0 atom stereocenters. The lowest BCUT2D eigenvalue weighted by molar-refractivity contribution is -0.141. The van der Waals surface area contributed by atoms with Crippen LogP contribution >= 0.6 is 22.9 Å². The molecule has 0 bridgehead atoms. The Morgan fingerprint density at radius 2 is 2.00 bits per heavy atom. The zero-order valence-electron chi connectivity index (χ0n) is 10.6. The highest BCUT2D eigenvalue weighted by Crippen LogP contribution is 2.30.